The average Bonchev–Trinajstić information content (AvgIpc) is 0.737. The van der Waals surface area contributed by atoms with Crippen molar-refractivity contribution in [3.8, 4) is 11.5 Å². The van der Waals surface area contributed by atoms with Gasteiger partial charge < -0.3 is 102 Å². The summed E-state index contributed by atoms with van der Waals surface area (Å²) in [5.74, 6) is -21.9. The number of nitrogens with zero attached hydrogens (tertiary/aromatic N) is 4. The maximum atomic E-state index is 13.7. The van der Waals surface area contributed by atoms with Crippen molar-refractivity contribution in [3.05, 3.63) is 92.5 Å². The van der Waals surface area contributed by atoms with E-state index in [1.165, 1.54) is 88.2 Å². The molecule has 0 heterocycles. The molecule has 8 rings (SSSR count). The number of hydrogen-bond acceptors (Lipinski definition) is 28. The van der Waals surface area contributed by atoms with Crippen molar-refractivity contribution in [3.63, 3.8) is 0 Å². The van der Waals surface area contributed by atoms with Crippen molar-refractivity contribution >= 4 is 70.3 Å². The summed E-state index contributed by atoms with van der Waals surface area (Å²) in [6.45, 7) is -0.446. The first kappa shape index (κ1) is 79.5. The minimum Gasteiger partial charge on any atom is -0.549 e. The molecule has 0 radical (unpaired) electrons. The van der Waals surface area contributed by atoms with Gasteiger partial charge in [0.2, 0.25) is 11.6 Å². The number of phenolic OH excluding ortho intramolecular Hbond substituents is 2. The van der Waals surface area contributed by atoms with Crippen molar-refractivity contribution in [1.29, 1.82) is 0 Å². The molecule has 0 saturated heterocycles. The van der Waals surface area contributed by atoms with E-state index in [1.807, 2.05) is 0 Å². The normalized spacial score (nSPS) is 27.4. The fourth-order valence-corrected chi connectivity index (χ4v) is 12.4. The van der Waals surface area contributed by atoms with Gasteiger partial charge >= 0.3 is 118 Å². The van der Waals surface area contributed by atoms with Crippen LogP contribution in [0.5, 0.6) is 11.5 Å². The third kappa shape index (κ3) is 14.2. The molecule has 34 heteroatoms. The predicted molar refractivity (Wildman–Crippen MR) is 273 cm³/mol. The number of phenols is 2. The van der Waals surface area contributed by atoms with E-state index in [0.29, 0.717) is 0 Å². The zero-order valence-corrected chi connectivity index (χ0v) is 57.7. The fourth-order valence-electron chi connectivity index (χ4n) is 12.4. The van der Waals surface area contributed by atoms with Crippen LogP contribution < -0.4 is 150 Å². The Morgan fingerprint density at radius 2 is 0.784 bits per heavy atom. The Balaban J connectivity index is 0.000000454. The van der Waals surface area contributed by atoms with Crippen LogP contribution >= 0.6 is 0 Å². The number of amides is 2. The molecule has 2 aromatic carbocycles. The average molecular weight is 1270 g/mol. The number of carboxylic acids is 4. The standard InChI is InChI=1S/2C22H24N2O8.C10H16N2O8.4Na/c2*1-21(31)8-5-4-6-11(25)12(8)16(26)13-9(21)7-10-15(24(2)3)17(27)14(20(23)30)19(29)22(10,32)18(13)28;13-7(14)3-11(4-8(15)16)1-2-12(5-9(17)18)6-10(19)20;;;;/h2*4-6,9-10,15,25-26,29,31-32H,7H2,1-3H3,(H2,23,30);1-6H2,(H,13,14)(H,15,16)(H,17,18)(H,19,20);;;;/q;;;4*+1/p-4/t2*9-,10-,15-,21+,22-;;;;;/m00...../s1. The predicted octanol–water partition coefficient (Wildman–Crippen LogP) is -20.1. The number of Topliss-reactive ketones (excluding diaryl/α,β-unsaturated/α-hetero) is 4. The number of primary amides is 2. The largest absolute Gasteiger partial charge is 1.00 e. The van der Waals surface area contributed by atoms with Crippen LogP contribution in [0.2, 0.25) is 0 Å². The first-order valence-electron chi connectivity index (χ1n) is 25.4. The van der Waals surface area contributed by atoms with Crippen LogP contribution in [0, 0.1) is 23.7 Å². The van der Waals surface area contributed by atoms with Gasteiger partial charge in [0.1, 0.15) is 45.7 Å². The van der Waals surface area contributed by atoms with E-state index in [1.54, 1.807) is 0 Å². The molecule has 454 valence electrons. The Kier molecular flexibility index (Phi) is 26.9. The number of aliphatic hydroxyl groups is 8. The molecule has 30 nitrogen and oxygen atoms in total. The van der Waals surface area contributed by atoms with E-state index in [9.17, 15) is 119 Å². The number of aromatic hydroxyl groups is 2. The summed E-state index contributed by atoms with van der Waals surface area (Å²) >= 11 is 0. The number of hydrogen-bond donors (Lipinski definition) is 12. The summed E-state index contributed by atoms with van der Waals surface area (Å²) in [7, 11) is 6.01. The summed E-state index contributed by atoms with van der Waals surface area (Å²) in [5, 5.41) is 151. The smallest absolute Gasteiger partial charge is 0.549 e. The van der Waals surface area contributed by atoms with Gasteiger partial charge in [0.25, 0.3) is 11.8 Å². The van der Waals surface area contributed by atoms with Crippen molar-refractivity contribution in [2.75, 3.05) is 67.5 Å². The van der Waals surface area contributed by atoms with Gasteiger partial charge in [-0.05, 0) is 78.1 Å². The number of ketones is 4. The van der Waals surface area contributed by atoms with Crippen molar-refractivity contribution in [2.45, 2.75) is 61.2 Å². The second kappa shape index (κ2) is 29.8. The third-order valence-corrected chi connectivity index (χ3v) is 16.2. The maximum absolute atomic E-state index is 13.7. The van der Waals surface area contributed by atoms with Crippen molar-refractivity contribution in [1.82, 2.24) is 19.6 Å². The van der Waals surface area contributed by atoms with Crippen LogP contribution in [0.15, 0.2) is 70.2 Å². The van der Waals surface area contributed by atoms with Crippen LogP contribution in [-0.2, 0) is 59.1 Å². The second-order valence-electron chi connectivity index (χ2n) is 21.8. The summed E-state index contributed by atoms with van der Waals surface area (Å²) in [5.41, 5.74) is -1.10. The van der Waals surface area contributed by atoms with Gasteiger partial charge in [-0.3, -0.25) is 48.4 Å². The Labute approximate surface area is 589 Å². The van der Waals surface area contributed by atoms with Gasteiger partial charge in [-0.2, -0.15) is 0 Å². The Hall–Kier alpha value is -4.62. The number of carbonyl (C=O) groups excluding carboxylic acids is 10. The first-order chi connectivity index (χ1) is 38.7. The van der Waals surface area contributed by atoms with E-state index < -0.39 is 200 Å². The number of nitrogens with two attached hydrogens (primary N) is 2. The van der Waals surface area contributed by atoms with Gasteiger partial charge in [-0.1, -0.05) is 24.3 Å². The molecule has 2 saturated carbocycles. The van der Waals surface area contributed by atoms with Gasteiger partial charge in [0.05, 0.1) is 58.3 Å². The number of carbonyl (C=O) groups is 10. The molecule has 2 fully saturated rings. The number of carboxylic acid groups (broad SMARTS) is 4. The van der Waals surface area contributed by atoms with Gasteiger partial charge in [0, 0.05) is 74.1 Å². The molecule has 0 unspecified atom stereocenters. The monoisotopic (exact) mass is 1270 g/mol. The van der Waals surface area contributed by atoms with E-state index in [4.69, 9.17) is 11.5 Å². The molecule has 2 aromatic rings. The zero-order valence-electron chi connectivity index (χ0n) is 49.7. The first-order valence-corrected chi connectivity index (χ1v) is 25.4. The minimum absolute atomic E-state index is 0. The van der Waals surface area contributed by atoms with Crippen LogP contribution in [-0.4, -0.2) is 220 Å². The molecule has 6 aliphatic rings. The number of aliphatic carboxylic acids is 4. The molecule has 2 amide bonds. The molecular formula is C54H60N6Na4O24. The molecule has 88 heavy (non-hydrogen) atoms. The Morgan fingerprint density at radius 1 is 0.511 bits per heavy atom. The second-order valence-corrected chi connectivity index (χ2v) is 21.8. The Morgan fingerprint density at radius 3 is 1.02 bits per heavy atom. The SMILES string of the molecule is CN(C)[C@@H]1C(=O)C(C(N)=O)=C(O)[C@@]2(O)C(=O)C3=C(O)c4c(O)cccc4[C@@](C)(O)[C@H]3C[C@@H]12.CN(C)[C@@H]1C(=O)C(C(N)=O)=C(O)[C@@]2(O)C(=O)C3=C(O)c4c(O)cccc4[C@@](C)(O)[C@H]3C[C@@H]12.O=C([O-])CN(CCN(CC(=O)[O-])CC(=O)[O-])CC(=O)[O-].[Na+].[Na+].[Na+].[Na+]. The van der Waals surface area contributed by atoms with E-state index in [0.717, 1.165) is 9.80 Å². The summed E-state index contributed by atoms with van der Waals surface area (Å²) < 4.78 is 0. The van der Waals surface area contributed by atoms with Gasteiger partial charge in [-0.25, -0.2) is 0 Å². The molecule has 14 N–H and O–H groups in total. The zero-order chi connectivity index (χ0) is 63.5. The van der Waals surface area contributed by atoms with Crippen LogP contribution in [0.3, 0.4) is 0 Å². The molecule has 0 bridgehead atoms. The molecule has 0 aromatic heterocycles. The topological polar surface area (TPSA) is 530 Å². The number of aliphatic hydroxyl groups excluding tert-OH is 4. The molecule has 0 spiro atoms. The fraction of sp³-hybridized carbons (Fsp3) is 0.444. The molecule has 0 aliphatic heterocycles. The number of benzene rings is 2. The van der Waals surface area contributed by atoms with Crippen LogP contribution in [0.1, 0.15) is 48.9 Å². The molecular weight excluding hydrogens is 1210 g/mol. The van der Waals surface area contributed by atoms with Crippen molar-refractivity contribution in [2.24, 2.45) is 35.1 Å². The van der Waals surface area contributed by atoms with Gasteiger partial charge in [0.15, 0.2) is 22.8 Å². The van der Waals surface area contributed by atoms with Crippen LogP contribution in [0.4, 0.5) is 0 Å². The summed E-state index contributed by atoms with van der Waals surface area (Å²) in [6, 6.07) is 6.03. The number of fused-ring (bicyclic) bond motifs is 6. The number of rotatable bonds is 15. The molecule has 10 atom stereocenters. The van der Waals surface area contributed by atoms with Gasteiger partial charge in [-0.15, -0.1) is 0 Å². The minimum atomic E-state index is -2.75. The Bertz CT molecular complexity index is 3100. The number of likely N-dealkylation sites (N-methyl/N-ethyl adjacent to an activating group) is 2. The third-order valence-electron chi connectivity index (χ3n) is 16.2. The van der Waals surface area contributed by atoms with Crippen molar-refractivity contribution < 1.29 is 238 Å². The van der Waals surface area contributed by atoms with E-state index >= 15 is 0 Å². The summed E-state index contributed by atoms with van der Waals surface area (Å²) in [4.78, 5) is 123. The molecule has 6 aliphatic carbocycles. The van der Waals surface area contributed by atoms with E-state index in [2.05, 4.69) is 0 Å². The quantitative estimate of drug-likeness (QED) is 0.0582. The maximum Gasteiger partial charge on any atom is 1.00 e. The summed E-state index contributed by atoms with van der Waals surface area (Å²) in [6.07, 6.45) is -0.400. The van der Waals surface area contributed by atoms with Crippen LogP contribution in [0.25, 0.3) is 11.5 Å². The van der Waals surface area contributed by atoms with E-state index in [-0.39, 0.29) is 166 Å².